The van der Waals surface area contributed by atoms with Crippen molar-refractivity contribution in [3.05, 3.63) is 0 Å². The molecule has 0 aromatic carbocycles. The van der Waals surface area contributed by atoms with Crippen molar-refractivity contribution in [1.82, 2.24) is 4.90 Å². The number of likely N-dealkylation sites (tertiary alicyclic amines) is 1. The van der Waals surface area contributed by atoms with Crippen LogP contribution < -0.4 is 0 Å². The molecule has 0 radical (unpaired) electrons. The molecule has 1 saturated heterocycles. The minimum absolute atomic E-state index is 0.916. The van der Waals surface area contributed by atoms with Gasteiger partial charge in [-0.2, -0.15) is 0 Å². The Morgan fingerprint density at radius 2 is 1.56 bits per heavy atom. The second-order valence-electron chi connectivity index (χ2n) is 3.67. The third-order valence-electron chi connectivity index (χ3n) is 2.05. The number of piperidine rings is 1. The zero-order chi connectivity index (χ0) is 6.85. The predicted octanol–water partition coefficient (Wildman–Crippen LogP) is 1.59. The monoisotopic (exact) mass is 127 g/mol. The van der Waals surface area contributed by atoms with E-state index in [0.29, 0.717) is 0 Å². The van der Waals surface area contributed by atoms with Gasteiger partial charge in [0.15, 0.2) is 0 Å². The topological polar surface area (TPSA) is 3.24 Å². The average Bonchev–Trinajstić information content (AvgIpc) is 1.59. The quantitative estimate of drug-likeness (QED) is 0.477. The van der Waals surface area contributed by atoms with Crippen LogP contribution in [0.2, 0.25) is 0 Å². The molecule has 1 aliphatic heterocycles. The maximum Gasteiger partial charge on any atom is 0.000419 e. The van der Waals surface area contributed by atoms with Crippen molar-refractivity contribution in [2.75, 3.05) is 20.1 Å². The first-order valence-corrected chi connectivity index (χ1v) is 3.87. The van der Waals surface area contributed by atoms with Gasteiger partial charge in [0.05, 0.1) is 0 Å². The number of hydrogen-bond donors (Lipinski definition) is 0. The summed E-state index contributed by atoms with van der Waals surface area (Å²) in [6, 6.07) is 0. The highest BCUT2D eigenvalue weighted by Gasteiger charge is 2.17. The second-order valence-corrected chi connectivity index (χ2v) is 3.67. The fraction of sp³-hybridized carbons (Fsp3) is 1.00. The van der Waals surface area contributed by atoms with Gasteiger partial charge < -0.3 is 4.90 Å². The maximum atomic E-state index is 2.43. The third kappa shape index (κ3) is 1.98. The van der Waals surface area contributed by atoms with Crippen LogP contribution in [0.1, 0.15) is 20.3 Å². The van der Waals surface area contributed by atoms with E-state index >= 15 is 0 Å². The van der Waals surface area contributed by atoms with E-state index in [1.165, 1.54) is 19.5 Å². The van der Waals surface area contributed by atoms with E-state index in [2.05, 4.69) is 25.8 Å². The molecule has 0 spiro atoms. The zero-order valence-electron chi connectivity index (χ0n) is 6.72. The molecule has 1 heteroatoms. The molecule has 0 bridgehead atoms. The van der Waals surface area contributed by atoms with Crippen LogP contribution in [-0.4, -0.2) is 25.0 Å². The van der Waals surface area contributed by atoms with Gasteiger partial charge in [0, 0.05) is 13.1 Å². The van der Waals surface area contributed by atoms with E-state index in [1.54, 1.807) is 0 Å². The molecule has 0 amide bonds. The molecule has 0 saturated carbocycles. The summed E-state index contributed by atoms with van der Waals surface area (Å²) in [4.78, 5) is 2.43. The van der Waals surface area contributed by atoms with Gasteiger partial charge in [-0.25, -0.2) is 0 Å². The maximum absolute atomic E-state index is 2.43. The fourth-order valence-corrected chi connectivity index (χ4v) is 1.97. The first-order chi connectivity index (χ1) is 4.18. The van der Waals surface area contributed by atoms with Gasteiger partial charge in [0.2, 0.25) is 0 Å². The van der Waals surface area contributed by atoms with Gasteiger partial charge in [-0.3, -0.25) is 0 Å². The molecule has 0 aromatic rings. The molecule has 0 N–H and O–H groups in total. The lowest BCUT2D eigenvalue weighted by molar-refractivity contribution is 0.171. The van der Waals surface area contributed by atoms with Crippen molar-refractivity contribution in [2.45, 2.75) is 20.3 Å². The van der Waals surface area contributed by atoms with Gasteiger partial charge in [-0.1, -0.05) is 13.8 Å². The Morgan fingerprint density at radius 1 is 1.11 bits per heavy atom. The number of nitrogens with zero attached hydrogens (tertiary/aromatic N) is 1. The molecule has 1 rings (SSSR count). The highest BCUT2D eigenvalue weighted by molar-refractivity contribution is 4.71. The summed E-state index contributed by atoms with van der Waals surface area (Å²) >= 11 is 0. The largest absolute Gasteiger partial charge is 0.306 e. The van der Waals surface area contributed by atoms with Crippen molar-refractivity contribution >= 4 is 0 Å². The molecule has 0 unspecified atom stereocenters. The molecule has 1 heterocycles. The Morgan fingerprint density at radius 3 is 1.89 bits per heavy atom. The molecule has 1 aliphatic rings. The average molecular weight is 127 g/mol. The lowest BCUT2D eigenvalue weighted by atomic mass is 9.92. The lowest BCUT2D eigenvalue weighted by Gasteiger charge is -2.31. The SMILES string of the molecule is C[C@@H]1C[C@H](C)CN(C)C1. The van der Waals surface area contributed by atoms with Crippen LogP contribution in [0.15, 0.2) is 0 Å². The van der Waals surface area contributed by atoms with Crippen molar-refractivity contribution < 1.29 is 0 Å². The molecule has 54 valence electrons. The standard InChI is InChI=1S/C8H17N/c1-7-4-8(2)6-9(3)5-7/h7-8H,4-6H2,1-3H3/t7-,8+. The Bertz CT molecular complexity index is 65.5. The van der Waals surface area contributed by atoms with Gasteiger partial charge in [0.25, 0.3) is 0 Å². The van der Waals surface area contributed by atoms with E-state index in [-0.39, 0.29) is 0 Å². The summed E-state index contributed by atoms with van der Waals surface area (Å²) in [5, 5.41) is 0. The minimum Gasteiger partial charge on any atom is -0.306 e. The van der Waals surface area contributed by atoms with Crippen molar-refractivity contribution in [3.8, 4) is 0 Å². The van der Waals surface area contributed by atoms with E-state index in [1.807, 2.05) is 0 Å². The summed E-state index contributed by atoms with van der Waals surface area (Å²) < 4.78 is 0. The van der Waals surface area contributed by atoms with Crippen LogP contribution in [0.5, 0.6) is 0 Å². The molecule has 1 nitrogen and oxygen atoms in total. The summed E-state index contributed by atoms with van der Waals surface area (Å²) in [7, 11) is 2.21. The molecule has 0 aliphatic carbocycles. The molecular formula is C8H17N. The fourth-order valence-electron chi connectivity index (χ4n) is 1.97. The normalized spacial score (nSPS) is 39.0. The third-order valence-corrected chi connectivity index (χ3v) is 2.05. The Balaban J connectivity index is 2.34. The van der Waals surface area contributed by atoms with Gasteiger partial charge in [-0.05, 0) is 25.3 Å². The summed E-state index contributed by atoms with van der Waals surface area (Å²) in [6.07, 6.45) is 1.42. The molecule has 2 atom stereocenters. The van der Waals surface area contributed by atoms with Gasteiger partial charge in [-0.15, -0.1) is 0 Å². The Hall–Kier alpha value is -0.0400. The second kappa shape index (κ2) is 2.70. The number of hydrogen-bond acceptors (Lipinski definition) is 1. The zero-order valence-corrected chi connectivity index (χ0v) is 6.72. The molecule has 0 aromatic heterocycles. The van der Waals surface area contributed by atoms with Crippen LogP contribution >= 0.6 is 0 Å². The summed E-state index contributed by atoms with van der Waals surface area (Å²) in [5.74, 6) is 1.83. The van der Waals surface area contributed by atoms with Crippen LogP contribution in [0, 0.1) is 11.8 Å². The van der Waals surface area contributed by atoms with Gasteiger partial charge >= 0.3 is 0 Å². The predicted molar refractivity (Wildman–Crippen MR) is 40.4 cm³/mol. The highest BCUT2D eigenvalue weighted by Crippen LogP contribution is 2.18. The Kier molecular flexibility index (Phi) is 2.12. The highest BCUT2D eigenvalue weighted by atomic mass is 15.1. The van der Waals surface area contributed by atoms with Crippen LogP contribution in [0.4, 0.5) is 0 Å². The van der Waals surface area contributed by atoms with Gasteiger partial charge in [0.1, 0.15) is 0 Å². The minimum atomic E-state index is 0.916. The van der Waals surface area contributed by atoms with Crippen molar-refractivity contribution in [1.29, 1.82) is 0 Å². The number of rotatable bonds is 0. The summed E-state index contributed by atoms with van der Waals surface area (Å²) in [5.41, 5.74) is 0. The molecular weight excluding hydrogens is 110 g/mol. The van der Waals surface area contributed by atoms with Crippen LogP contribution in [-0.2, 0) is 0 Å². The van der Waals surface area contributed by atoms with Crippen molar-refractivity contribution in [2.24, 2.45) is 11.8 Å². The van der Waals surface area contributed by atoms with Crippen LogP contribution in [0.3, 0.4) is 0 Å². The van der Waals surface area contributed by atoms with Crippen molar-refractivity contribution in [3.63, 3.8) is 0 Å². The van der Waals surface area contributed by atoms with Crippen LogP contribution in [0.25, 0.3) is 0 Å². The first kappa shape index (κ1) is 7.07. The van der Waals surface area contributed by atoms with E-state index in [4.69, 9.17) is 0 Å². The smallest absolute Gasteiger partial charge is 0.000419 e. The molecule has 1 fully saturated rings. The molecule has 9 heavy (non-hydrogen) atoms. The Labute approximate surface area is 58.0 Å². The first-order valence-electron chi connectivity index (χ1n) is 3.87. The lowest BCUT2D eigenvalue weighted by Crippen LogP contribution is -2.35. The summed E-state index contributed by atoms with van der Waals surface area (Å²) in [6.45, 7) is 7.27. The van der Waals surface area contributed by atoms with E-state index in [0.717, 1.165) is 11.8 Å². The van der Waals surface area contributed by atoms with E-state index in [9.17, 15) is 0 Å². The van der Waals surface area contributed by atoms with E-state index < -0.39 is 0 Å².